The zero-order valence-corrected chi connectivity index (χ0v) is 18.7. The summed E-state index contributed by atoms with van der Waals surface area (Å²) >= 11 is 1.56. The highest BCUT2D eigenvalue weighted by Crippen LogP contribution is 2.29. The summed E-state index contributed by atoms with van der Waals surface area (Å²) in [5.41, 5.74) is 4.78. The molecule has 160 valence electrons. The number of thioether (sulfide) groups is 1. The second kappa shape index (κ2) is 8.55. The molecule has 5 nitrogen and oxygen atoms in total. The zero-order chi connectivity index (χ0) is 22.1. The van der Waals surface area contributed by atoms with Gasteiger partial charge in [-0.15, -0.1) is 0 Å². The summed E-state index contributed by atoms with van der Waals surface area (Å²) in [6.07, 6.45) is 0. The summed E-state index contributed by atoms with van der Waals surface area (Å²) in [5.74, 6) is 1.47. The number of hydrogen-bond donors (Lipinski definition) is 0. The van der Waals surface area contributed by atoms with Gasteiger partial charge in [0, 0.05) is 11.1 Å². The monoisotopic (exact) mass is 442 g/mol. The van der Waals surface area contributed by atoms with E-state index in [9.17, 15) is 4.79 Å². The predicted octanol–water partition coefficient (Wildman–Crippen LogP) is 5.80. The van der Waals surface area contributed by atoms with Crippen molar-refractivity contribution in [3.8, 4) is 5.75 Å². The maximum atomic E-state index is 13.5. The van der Waals surface area contributed by atoms with Crippen molar-refractivity contribution in [3.05, 3.63) is 99.8 Å². The number of aromatic nitrogens is 2. The maximum absolute atomic E-state index is 13.5. The fourth-order valence-corrected chi connectivity index (χ4v) is 4.84. The van der Waals surface area contributed by atoms with E-state index in [-0.39, 0.29) is 11.1 Å². The lowest BCUT2D eigenvalue weighted by Gasteiger charge is -2.13. The minimum atomic E-state index is -0.179. The summed E-state index contributed by atoms with van der Waals surface area (Å²) in [6, 6.07) is 23.6. The van der Waals surface area contributed by atoms with Gasteiger partial charge < -0.3 is 9.15 Å². The standard InChI is InChI=1S/C26H22N2O3S/c1-17-8-3-4-10-19(17)16-32-26-27-23-21-12-5-6-13-22(21)31-24(23)25(29)28(26)15-18-9-7-11-20(14-18)30-2/h3-14H,15-16H2,1-2H3. The molecule has 0 amide bonds. The number of fused-ring (bicyclic) bond motifs is 3. The number of aryl methyl sites for hydroxylation is 1. The van der Waals surface area contributed by atoms with Gasteiger partial charge in [0.05, 0.1) is 13.7 Å². The summed E-state index contributed by atoms with van der Waals surface area (Å²) < 4.78 is 13.0. The number of methoxy groups -OCH3 is 1. The molecule has 3 aromatic carbocycles. The molecule has 0 radical (unpaired) electrons. The molecular weight excluding hydrogens is 420 g/mol. The highest BCUT2D eigenvalue weighted by atomic mass is 32.2. The fourth-order valence-electron chi connectivity index (χ4n) is 3.77. The predicted molar refractivity (Wildman–Crippen MR) is 129 cm³/mol. The average Bonchev–Trinajstić information content (AvgIpc) is 3.20. The Morgan fingerprint density at radius 2 is 1.84 bits per heavy atom. The molecule has 0 aliphatic carbocycles. The van der Waals surface area contributed by atoms with Crippen LogP contribution in [-0.2, 0) is 12.3 Å². The second-order valence-corrected chi connectivity index (χ2v) is 8.57. The van der Waals surface area contributed by atoms with Gasteiger partial charge in [-0.25, -0.2) is 4.98 Å². The molecule has 5 aromatic rings. The topological polar surface area (TPSA) is 57.3 Å². The lowest BCUT2D eigenvalue weighted by molar-refractivity contribution is 0.414. The smallest absolute Gasteiger partial charge is 0.298 e. The zero-order valence-electron chi connectivity index (χ0n) is 17.9. The van der Waals surface area contributed by atoms with Crippen molar-refractivity contribution in [3.63, 3.8) is 0 Å². The van der Waals surface area contributed by atoms with E-state index in [1.54, 1.807) is 23.4 Å². The molecule has 0 bridgehead atoms. The van der Waals surface area contributed by atoms with Gasteiger partial charge in [-0.1, -0.05) is 60.3 Å². The first-order valence-electron chi connectivity index (χ1n) is 10.4. The van der Waals surface area contributed by atoms with E-state index in [1.807, 2.05) is 60.7 Å². The van der Waals surface area contributed by atoms with Gasteiger partial charge in [0.2, 0.25) is 5.58 Å². The van der Waals surface area contributed by atoms with Crippen LogP contribution in [-0.4, -0.2) is 16.7 Å². The molecule has 5 rings (SSSR count). The summed E-state index contributed by atoms with van der Waals surface area (Å²) in [5, 5.41) is 1.52. The van der Waals surface area contributed by atoms with E-state index >= 15 is 0 Å². The van der Waals surface area contributed by atoms with Crippen LogP contribution >= 0.6 is 11.8 Å². The van der Waals surface area contributed by atoms with Crippen molar-refractivity contribution in [2.24, 2.45) is 0 Å². The first kappa shape index (κ1) is 20.4. The van der Waals surface area contributed by atoms with Crippen molar-refractivity contribution < 1.29 is 9.15 Å². The number of nitrogens with zero attached hydrogens (tertiary/aromatic N) is 2. The Kier molecular flexibility index (Phi) is 5.45. The Labute approximate surface area is 189 Å². The number of rotatable bonds is 6. The van der Waals surface area contributed by atoms with Crippen LogP contribution in [0.15, 0.2) is 87.2 Å². The lowest BCUT2D eigenvalue weighted by Crippen LogP contribution is -2.23. The van der Waals surface area contributed by atoms with Crippen LogP contribution in [0.5, 0.6) is 5.75 Å². The molecule has 0 atom stereocenters. The highest BCUT2D eigenvalue weighted by molar-refractivity contribution is 7.98. The van der Waals surface area contributed by atoms with Gasteiger partial charge in [0.15, 0.2) is 5.16 Å². The number of para-hydroxylation sites is 1. The Morgan fingerprint density at radius 3 is 2.69 bits per heavy atom. The SMILES string of the molecule is COc1cccc(Cn2c(SCc3ccccc3C)nc3c(oc4ccccc43)c2=O)c1. The van der Waals surface area contributed by atoms with Gasteiger partial charge in [0.1, 0.15) is 16.8 Å². The van der Waals surface area contributed by atoms with Crippen LogP contribution in [0.25, 0.3) is 22.1 Å². The molecule has 32 heavy (non-hydrogen) atoms. The van der Waals surface area contributed by atoms with E-state index in [4.69, 9.17) is 14.1 Å². The van der Waals surface area contributed by atoms with Gasteiger partial charge >= 0.3 is 0 Å². The molecule has 2 aromatic heterocycles. The molecule has 0 saturated heterocycles. The molecule has 6 heteroatoms. The van der Waals surface area contributed by atoms with Gasteiger partial charge in [-0.3, -0.25) is 9.36 Å². The Bertz CT molecular complexity index is 1490. The van der Waals surface area contributed by atoms with Crippen molar-refractivity contribution >= 4 is 33.8 Å². The second-order valence-electron chi connectivity index (χ2n) is 7.63. The third-order valence-corrected chi connectivity index (χ3v) is 6.57. The minimum Gasteiger partial charge on any atom is -0.497 e. The average molecular weight is 443 g/mol. The molecule has 0 fully saturated rings. The van der Waals surface area contributed by atoms with Crippen LogP contribution in [0.2, 0.25) is 0 Å². The van der Waals surface area contributed by atoms with Crippen molar-refractivity contribution in [2.45, 2.75) is 24.4 Å². The maximum Gasteiger partial charge on any atom is 0.298 e. The van der Waals surface area contributed by atoms with Gasteiger partial charge in [0.25, 0.3) is 5.56 Å². The van der Waals surface area contributed by atoms with Crippen LogP contribution < -0.4 is 10.3 Å². The van der Waals surface area contributed by atoms with Crippen LogP contribution in [0.3, 0.4) is 0 Å². The lowest BCUT2D eigenvalue weighted by atomic mass is 10.1. The molecule has 2 heterocycles. The molecule has 0 unspecified atom stereocenters. The largest absolute Gasteiger partial charge is 0.497 e. The van der Waals surface area contributed by atoms with Gasteiger partial charge in [-0.05, 0) is 47.9 Å². The molecule has 0 aliphatic heterocycles. The van der Waals surface area contributed by atoms with E-state index in [2.05, 4.69) is 19.1 Å². The fraction of sp³-hybridized carbons (Fsp3) is 0.154. The molecule has 0 aliphatic rings. The first-order chi connectivity index (χ1) is 15.6. The number of hydrogen-bond acceptors (Lipinski definition) is 5. The Hall–Kier alpha value is -3.51. The summed E-state index contributed by atoms with van der Waals surface area (Å²) in [7, 11) is 1.64. The molecule has 0 N–H and O–H groups in total. The van der Waals surface area contributed by atoms with Crippen molar-refractivity contribution in [1.29, 1.82) is 0 Å². The third-order valence-electron chi connectivity index (χ3n) is 5.54. The van der Waals surface area contributed by atoms with E-state index < -0.39 is 0 Å². The minimum absolute atomic E-state index is 0.179. The third kappa shape index (κ3) is 3.78. The highest BCUT2D eigenvalue weighted by Gasteiger charge is 2.18. The van der Waals surface area contributed by atoms with E-state index in [0.29, 0.717) is 22.8 Å². The number of benzene rings is 3. The van der Waals surface area contributed by atoms with Crippen molar-refractivity contribution in [1.82, 2.24) is 9.55 Å². The normalized spacial score (nSPS) is 11.3. The number of ether oxygens (including phenoxy) is 1. The summed E-state index contributed by atoms with van der Waals surface area (Å²) in [4.78, 5) is 18.4. The van der Waals surface area contributed by atoms with E-state index in [1.165, 1.54) is 11.1 Å². The summed E-state index contributed by atoms with van der Waals surface area (Å²) in [6.45, 7) is 2.48. The van der Waals surface area contributed by atoms with E-state index in [0.717, 1.165) is 22.5 Å². The molecule has 0 saturated carbocycles. The van der Waals surface area contributed by atoms with Crippen LogP contribution in [0, 0.1) is 6.92 Å². The van der Waals surface area contributed by atoms with Crippen LogP contribution in [0.1, 0.15) is 16.7 Å². The molecular formula is C26H22N2O3S. The molecule has 0 spiro atoms. The Balaban J connectivity index is 1.64. The van der Waals surface area contributed by atoms with Gasteiger partial charge in [-0.2, -0.15) is 0 Å². The van der Waals surface area contributed by atoms with Crippen molar-refractivity contribution in [2.75, 3.05) is 7.11 Å². The quantitative estimate of drug-likeness (QED) is 0.246. The first-order valence-corrected chi connectivity index (χ1v) is 11.3. The Morgan fingerprint density at radius 1 is 1.03 bits per heavy atom. The number of furan rings is 1. The van der Waals surface area contributed by atoms with Crippen LogP contribution in [0.4, 0.5) is 0 Å².